The largest absolute Gasteiger partial charge is 0.326 e. The molecule has 1 aromatic carbocycles. The summed E-state index contributed by atoms with van der Waals surface area (Å²) in [6, 6.07) is 6.04. The molecule has 26 heavy (non-hydrogen) atoms. The van der Waals surface area contributed by atoms with Crippen LogP contribution < -0.4 is 16.0 Å². The highest BCUT2D eigenvalue weighted by molar-refractivity contribution is 5.98. The highest BCUT2D eigenvalue weighted by Crippen LogP contribution is 2.33. The Balaban J connectivity index is 0.00000243. The van der Waals surface area contributed by atoms with Crippen LogP contribution >= 0.6 is 12.4 Å². The van der Waals surface area contributed by atoms with Gasteiger partial charge in [0.15, 0.2) is 0 Å². The Kier molecular flexibility index (Phi) is 7.47. The van der Waals surface area contributed by atoms with Crippen LogP contribution in [0.1, 0.15) is 57.4 Å². The summed E-state index contributed by atoms with van der Waals surface area (Å²) in [4.78, 5) is 24.5. The second-order valence-electron chi connectivity index (χ2n) is 7.37. The molecule has 1 heterocycles. The van der Waals surface area contributed by atoms with Gasteiger partial charge in [0.2, 0.25) is 11.8 Å². The summed E-state index contributed by atoms with van der Waals surface area (Å²) < 4.78 is 0. The Hall–Kier alpha value is -1.59. The highest BCUT2D eigenvalue weighted by Gasteiger charge is 2.38. The van der Waals surface area contributed by atoms with Gasteiger partial charge in [-0.3, -0.25) is 9.59 Å². The summed E-state index contributed by atoms with van der Waals surface area (Å²) in [5.74, 6) is 0.690. The Morgan fingerprint density at radius 1 is 1.15 bits per heavy atom. The molecular formula is C20H30ClN3O2. The molecule has 3 N–H and O–H groups in total. The van der Waals surface area contributed by atoms with Crippen LogP contribution in [0.4, 0.5) is 11.4 Å². The van der Waals surface area contributed by atoms with E-state index in [1.54, 1.807) is 0 Å². The molecule has 6 heteroatoms. The molecule has 5 nitrogen and oxygen atoms in total. The summed E-state index contributed by atoms with van der Waals surface area (Å²) >= 11 is 0. The molecule has 1 aliphatic heterocycles. The van der Waals surface area contributed by atoms with Gasteiger partial charge in [0.05, 0.1) is 6.04 Å². The molecule has 3 atom stereocenters. The van der Waals surface area contributed by atoms with E-state index >= 15 is 0 Å². The number of benzene rings is 1. The second kappa shape index (κ2) is 9.38. The summed E-state index contributed by atoms with van der Waals surface area (Å²) in [5, 5.41) is 9.50. The van der Waals surface area contributed by atoms with Crippen LogP contribution in [0.25, 0.3) is 0 Å². The third kappa shape index (κ3) is 4.77. The molecule has 2 aliphatic rings. The molecule has 1 saturated carbocycles. The Morgan fingerprint density at radius 3 is 2.54 bits per heavy atom. The molecule has 3 unspecified atom stereocenters. The van der Waals surface area contributed by atoms with Crippen molar-refractivity contribution in [2.24, 2.45) is 5.92 Å². The summed E-state index contributed by atoms with van der Waals surface area (Å²) in [6.07, 6.45) is 7.23. The molecule has 144 valence electrons. The third-order valence-electron chi connectivity index (χ3n) is 5.52. The smallest absolute Gasteiger partial charge is 0.241 e. The monoisotopic (exact) mass is 379 g/mol. The number of hydrogen-bond donors (Lipinski definition) is 3. The lowest BCUT2D eigenvalue weighted by Gasteiger charge is -2.24. The average molecular weight is 380 g/mol. The first kappa shape index (κ1) is 20.7. The number of fused-ring (bicyclic) bond motifs is 1. The summed E-state index contributed by atoms with van der Waals surface area (Å²) in [5.41, 5.74) is 2.44. The molecule has 0 radical (unpaired) electrons. The lowest BCUT2D eigenvalue weighted by molar-refractivity contribution is -0.118. The first-order valence-electron chi connectivity index (χ1n) is 9.55. The number of hydrogen-bond acceptors (Lipinski definition) is 3. The van der Waals surface area contributed by atoms with Gasteiger partial charge in [-0.15, -0.1) is 12.4 Å². The molecule has 1 aliphatic carbocycles. The van der Waals surface area contributed by atoms with Crippen molar-refractivity contribution in [1.82, 2.24) is 5.32 Å². The molecule has 3 rings (SSSR count). The molecule has 1 aromatic rings. The van der Waals surface area contributed by atoms with Crippen molar-refractivity contribution in [2.75, 3.05) is 10.6 Å². The van der Waals surface area contributed by atoms with Gasteiger partial charge in [-0.1, -0.05) is 25.8 Å². The standard InChI is InChI=1S/C20H29N3O2.ClH/c1-3-7-19(24)22-15-10-6-11-16(13(15)2)23-20(25)18-12-14-8-4-5-9-17(14)21-18;/h6,10-11,14,17-18,21H,3-5,7-9,12H2,1-2H3,(H,22,24)(H,23,25);1H. The van der Waals surface area contributed by atoms with E-state index < -0.39 is 0 Å². The van der Waals surface area contributed by atoms with E-state index in [1.165, 1.54) is 25.7 Å². The van der Waals surface area contributed by atoms with E-state index in [-0.39, 0.29) is 30.3 Å². The zero-order valence-electron chi connectivity index (χ0n) is 15.6. The predicted octanol–water partition coefficient (Wildman–Crippen LogP) is 4.01. The molecule has 0 bridgehead atoms. The van der Waals surface area contributed by atoms with Gasteiger partial charge in [0.1, 0.15) is 0 Å². The molecule has 0 aromatic heterocycles. The van der Waals surface area contributed by atoms with Crippen molar-refractivity contribution in [3.05, 3.63) is 23.8 Å². The third-order valence-corrected chi connectivity index (χ3v) is 5.52. The number of amides is 2. The number of rotatable bonds is 5. The summed E-state index contributed by atoms with van der Waals surface area (Å²) in [6.45, 7) is 3.91. The quantitative estimate of drug-likeness (QED) is 0.723. The first-order chi connectivity index (χ1) is 12.1. The SMILES string of the molecule is CCCC(=O)Nc1cccc(NC(=O)C2CC3CCCCC3N2)c1C.Cl. The lowest BCUT2D eigenvalue weighted by atomic mass is 9.85. The van der Waals surface area contributed by atoms with Crippen LogP contribution in [-0.2, 0) is 9.59 Å². The summed E-state index contributed by atoms with van der Waals surface area (Å²) in [7, 11) is 0. The van der Waals surface area contributed by atoms with Gasteiger partial charge in [-0.05, 0) is 56.2 Å². The van der Waals surface area contributed by atoms with E-state index in [2.05, 4.69) is 16.0 Å². The van der Waals surface area contributed by atoms with Crippen LogP contribution in [0.2, 0.25) is 0 Å². The maximum Gasteiger partial charge on any atom is 0.241 e. The van der Waals surface area contributed by atoms with E-state index in [0.29, 0.717) is 18.4 Å². The van der Waals surface area contributed by atoms with Crippen molar-refractivity contribution in [3.8, 4) is 0 Å². The van der Waals surface area contributed by atoms with Gasteiger partial charge in [0.25, 0.3) is 0 Å². The number of nitrogens with one attached hydrogen (secondary N) is 3. The van der Waals surface area contributed by atoms with Crippen molar-refractivity contribution in [2.45, 2.75) is 70.9 Å². The van der Waals surface area contributed by atoms with Crippen LogP contribution in [0.15, 0.2) is 18.2 Å². The van der Waals surface area contributed by atoms with Crippen molar-refractivity contribution in [3.63, 3.8) is 0 Å². The average Bonchev–Trinajstić information content (AvgIpc) is 3.03. The van der Waals surface area contributed by atoms with Crippen molar-refractivity contribution < 1.29 is 9.59 Å². The van der Waals surface area contributed by atoms with Crippen molar-refractivity contribution >= 4 is 35.6 Å². The van der Waals surface area contributed by atoms with Crippen LogP contribution in [0.3, 0.4) is 0 Å². The Labute approximate surface area is 162 Å². The number of halogens is 1. The predicted molar refractivity (Wildman–Crippen MR) is 108 cm³/mol. The zero-order chi connectivity index (χ0) is 17.8. The maximum atomic E-state index is 12.7. The lowest BCUT2D eigenvalue weighted by Crippen LogP contribution is -2.40. The fourth-order valence-corrected chi connectivity index (χ4v) is 4.09. The molecule has 2 fully saturated rings. The van der Waals surface area contributed by atoms with Crippen molar-refractivity contribution in [1.29, 1.82) is 0 Å². The molecule has 1 saturated heterocycles. The minimum Gasteiger partial charge on any atom is -0.326 e. The van der Waals surface area contributed by atoms with E-state index in [9.17, 15) is 9.59 Å². The van der Waals surface area contributed by atoms with Gasteiger partial charge in [-0.25, -0.2) is 0 Å². The number of carbonyl (C=O) groups is 2. The fourth-order valence-electron chi connectivity index (χ4n) is 4.09. The van der Waals surface area contributed by atoms with E-state index in [4.69, 9.17) is 0 Å². The van der Waals surface area contributed by atoms with Crippen LogP contribution in [0.5, 0.6) is 0 Å². The maximum absolute atomic E-state index is 12.7. The molecular weight excluding hydrogens is 350 g/mol. The Morgan fingerprint density at radius 2 is 1.85 bits per heavy atom. The van der Waals surface area contributed by atoms with Gasteiger partial charge in [0, 0.05) is 23.8 Å². The number of carbonyl (C=O) groups excluding carboxylic acids is 2. The van der Waals surface area contributed by atoms with E-state index in [1.807, 2.05) is 32.0 Å². The minimum atomic E-state index is -0.106. The molecule has 0 spiro atoms. The Bertz CT molecular complexity index is 636. The number of anilines is 2. The topological polar surface area (TPSA) is 70.2 Å². The van der Waals surface area contributed by atoms with Gasteiger partial charge in [-0.2, -0.15) is 0 Å². The van der Waals surface area contributed by atoms with Crippen LogP contribution in [0, 0.1) is 12.8 Å². The van der Waals surface area contributed by atoms with Gasteiger partial charge >= 0.3 is 0 Å². The minimum absolute atomic E-state index is 0. The first-order valence-corrected chi connectivity index (χ1v) is 9.55. The normalized spacial score (nSPS) is 24.3. The van der Waals surface area contributed by atoms with Crippen LogP contribution in [-0.4, -0.2) is 23.9 Å². The highest BCUT2D eigenvalue weighted by atomic mass is 35.5. The molecule has 2 amide bonds. The van der Waals surface area contributed by atoms with Gasteiger partial charge < -0.3 is 16.0 Å². The fraction of sp³-hybridized carbons (Fsp3) is 0.600. The van der Waals surface area contributed by atoms with E-state index in [0.717, 1.165) is 29.8 Å². The zero-order valence-corrected chi connectivity index (χ0v) is 16.5. The second-order valence-corrected chi connectivity index (χ2v) is 7.37.